The minimum Gasteiger partial charge on any atom is -0.493 e. The molecule has 0 amide bonds. The maximum atomic E-state index is 6.15. The highest BCUT2D eigenvalue weighted by molar-refractivity contribution is 6.32. The first kappa shape index (κ1) is 17.2. The summed E-state index contributed by atoms with van der Waals surface area (Å²) >= 11 is 6.15. The second kappa shape index (κ2) is 7.88. The fourth-order valence-electron chi connectivity index (χ4n) is 2.17. The summed E-state index contributed by atoms with van der Waals surface area (Å²) in [5, 5.41) is 4.46. The van der Waals surface area contributed by atoms with Crippen molar-refractivity contribution in [3.8, 4) is 11.5 Å². The molecule has 0 aliphatic heterocycles. The van der Waals surface area contributed by atoms with Gasteiger partial charge in [0.05, 0.1) is 25.5 Å². The number of hydrogen-bond donors (Lipinski definition) is 0. The topological polar surface area (TPSA) is 40.0 Å². The Kier molecular flexibility index (Phi) is 5.88. The molecule has 0 heterocycles. The second-order valence-electron chi connectivity index (χ2n) is 5.18. The highest BCUT2D eigenvalue weighted by Crippen LogP contribution is 2.35. The van der Waals surface area contributed by atoms with Crippen molar-refractivity contribution in [2.75, 3.05) is 14.2 Å². The largest absolute Gasteiger partial charge is 0.493 e. The molecule has 0 saturated carbocycles. The molecular weight excluding hydrogens is 314 g/mol. The van der Waals surface area contributed by atoms with Crippen molar-refractivity contribution in [2.24, 2.45) is 5.16 Å². The Morgan fingerprint density at radius 2 is 1.87 bits per heavy atom. The molecule has 0 aliphatic rings. The summed E-state index contributed by atoms with van der Waals surface area (Å²) in [6.45, 7) is 4.53. The lowest BCUT2D eigenvalue weighted by atomic mass is 10.1. The first-order chi connectivity index (χ1) is 11.0. The van der Waals surface area contributed by atoms with E-state index < -0.39 is 0 Å². The molecule has 0 atom stereocenters. The number of ether oxygens (including phenoxy) is 2. The minimum atomic E-state index is 0.422. The van der Waals surface area contributed by atoms with Gasteiger partial charge in [-0.1, -0.05) is 40.5 Å². The summed E-state index contributed by atoms with van der Waals surface area (Å²) in [5.41, 5.74) is 4.27. The molecule has 2 aromatic carbocycles. The van der Waals surface area contributed by atoms with Crippen molar-refractivity contribution < 1.29 is 14.3 Å². The smallest absolute Gasteiger partial charge is 0.179 e. The van der Waals surface area contributed by atoms with E-state index in [1.807, 2.05) is 0 Å². The minimum absolute atomic E-state index is 0.422. The van der Waals surface area contributed by atoms with Gasteiger partial charge in [0.15, 0.2) is 11.5 Å². The van der Waals surface area contributed by atoms with Crippen LogP contribution in [-0.4, -0.2) is 20.4 Å². The lowest BCUT2D eigenvalue weighted by Gasteiger charge is -2.10. The molecule has 0 radical (unpaired) electrons. The Labute approximate surface area is 141 Å². The number of benzene rings is 2. The first-order valence-corrected chi connectivity index (χ1v) is 7.56. The van der Waals surface area contributed by atoms with Crippen molar-refractivity contribution in [3.63, 3.8) is 0 Å². The Balaban J connectivity index is 2.06. The van der Waals surface area contributed by atoms with Crippen molar-refractivity contribution >= 4 is 17.8 Å². The number of nitrogens with zero attached hydrogens (tertiary/aromatic N) is 1. The summed E-state index contributed by atoms with van der Waals surface area (Å²) in [5.74, 6) is 1.05. The predicted molar refractivity (Wildman–Crippen MR) is 92.9 cm³/mol. The van der Waals surface area contributed by atoms with Crippen LogP contribution in [0.4, 0.5) is 0 Å². The van der Waals surface area contributed by atoms with E-state index >= 15 is 0 Å². The summed E-state index contributed by atoms with van der Waals surface area (Å²) < 4.78 is 10.4. The van der Waals surface area contributed by atoms with E-state index in [4.69, 9.17) is 25.9 Å². The van der Waals surface area contributed by atoms with Gasteiger partial charge in [-0.2, -0.15) is 0 Å². The maximum absolute atomic E-state index is 6.15. The molecule has 0 unspecified atom stereocenters. The number of hydrogen-bond acceptors (Lipinski definition) is 4. The summed E-state index contributed by atoms with van der Waals surface area (Å²) in [4.78, 5) is 5.38. The summed E-state index contributed by atoms with van der Waals surface area (Å²) in [6, 6.07) is 9.78. The SMILES string of the molecule is COc1cc(/C=N/OCc2cc(C)ccc2C)cc(Cl)c1OC. The van der Waals surface area contributed by atoms with Crippen LogP contribution in [0, 0.1) is 13.8 Å². The van der Waals surface area contributed by atoms with Crippen molar-refractivity contribution in [3.05, 3.63) is 57.6 Å². The third-order valence-electron chi connectivity index (χ3n) is 3.46. The summed E-state index contributed by atoms with van der Waals surface area (Å²) in [7, 11) is 3.11. The third kappa shape index (κ3) is 4.39. The van der Waals surface area contributed by atoms with Gasteiger partial charge in [0.1, 0.15) is 6.61 Å². The molecule has 0 aromatic heterocycles. The average molecular weight is 334 g/mol. The van der Waals surface area contributed by atoms with Crippen LogP contribution in [0.2, 0.25) is 5.02 Å². The third-order valence-corrected chi connectivity index (χ3v) is 3.74. The normalized spacial score (nSPS) is 10.8. The Bertz CT molecular complexity index is 714. The molecule has 0 bridgehead atoms. The van der Waals surface area contributed by atoms with Gasteiger partial charge in [0.2, 0.25) is 0 Å². The maximum Gasteiger partial charge on any atom is 0.179 e. The van der Waals surface area contributed by atoms with Gasteiger partial charge in [0.25, 0.3) is 0 Å². The number of oxime groups is 1. The van der Waals surface area contributed by atoms with Gasteiger partial charge in [-0.25, -0.2) is 0 Å². The van der Waals surface area contributed by atoms with Crippen LogP contribution in [0.25, 0.3) is 0 Å². The molecule has 4 nitrogen and oxygen atoms in total. The van der Waals surface area contributed by atoms with Crippen LogP contribution in [0.1, 0.15) is 22.3 Å². The van der Waals surface area contributed by atoms with Crippen molar-refractivity contribution in [2.45, 2.75) is 20.5 Å². The average Bonchev–Trinajstić information content (AvgIpc) is 2.54. The molecule has 0 N–H and O–H groups in total. The van der Waals surface area contributed by atoms with Crippen LogP contribution in [0.5, 0.6) is 11.5 Å². The number of rotatable bonds is 6. The highest BCUT2D eigenvalue weighted by Gasteiger charge is 2.10. The fourth-order valence-corrected chi connectivity index (χ4v) is 2.47. The highest BCUT2D eigenvalue weighted by atomic mass is 35.5. The van der Waals surface area contributed by atoms with Crippen molar-refractivity contribution in [1.29, 1.82) is 0 Å². The molecule has 5 heteroatoms. The standard InChI is InChI=1S/C18H20ClNO3/c1-12-5-6-13(2)15(7-12)11-23-20-10-14-8-16(19)18(22-4)17(9-14)21-3/h5-10H,11H2,1-4H3/b20-10+. The molecule has 2 aromatic rings. The van der Waals surface area contributed by atoms with E-state index in [2.05, 4.69) is 37.2 Å². The number of halogens is 1. The Morgan fingerprint density at radius 3 is 2.57 bits per heavy atom. The quantitative estimate of drug-likeness (QED) is 0.576. The van der Waals surface area contributed by atoms with Gasteiger partial charge in [0, 0.05) is 5.56 Å². The molecule has 0 saturated heterocycles. The molecule has 0 aliphatic carbocycles. The zero-order valence-corrected chi connectivity index (χ0v) is 14.5. The molecule has 2 rings (SSSR count). The number of methoxy groups -OCH3 is 2. The van der Waals surface area contributed by atoms with Crippen LogP contribution in [0.3, 0.4) is 0 Å². The van der Waals surface area contributed by atoms with E-state index in [9.17, 15) is 0 Å². The molecule has 0 fully saturated rings. The Hall–Kier alpha value is -2.20. The van der Waals surface area contributed by atoms with E-state index in [-0.39, 0.29) is 0 Å². The van der Waals surface area contributed by atoms with Crippen LogP contribution in [0.15, 0.2) is 35.5 Å². The van der Waals surface area contributed by atoms with Crippen LogP contribution in [-0.2, 0) is 11.4 Å². The van der Waals surface area contributed by atoms with Gasteiger partial charge < -0.3 is 14.3 Å². The molecule has 122 valence electrons. The van der Waals surface area contributed by atoms with Gasteiger partial charge in [-0.05, 0) is 37.1 Å². The summed E-state index contributed by atoms with van der Waals surface area (Å²) in [6.07, 6.45) is 1.60. The second-order valence-corrected chi connectivity index (χ2v) is 5.58. The first-order valence-electron chi connectivity index (χ1n) is 7.18. The zero-order valence-electron chi connectivity index (χ0n) is 13.7. The fraction of sp³-hybridized carbons (Fsp3) is 0.278. The zero-order chi connectivity index (χ0) is 16.8. The van der Waals surface area contributed by atoms with Gasteiger partial charge in [-0.15, -0.1) is 0 Å². The molecular formula is C18H20ClNO3. The number of aryl methyl sites for hydroxylation is 2. The Morgan fingerprint density at radius 1 is 1.09 bits per heavy atom. The molecule has 23 heavy (non-hydrogen) atoms. The van der Waals surface area contributed by atoms with E-state index in [1.54, 1.807) is 32.6 Å². The van der Waals surface area contributed by atoms with E-state index in [0.717, 1.165) is 11.1 Å². The molecule has 0 spiro atoms. The lowest BCUT2D eigenvalue weighted by Crippen LogP contribution is -1.95. The van der Waals surface area contributed by atoms with E-state index in [1.165, 1.54) is 11.1 Å². The van der Waals surface area contributed by atoms with Gasteiger partial charge in [-0.3, -0.25) is 0 Å². The monoisotopic (exact) mass is 333 g/mol. The van der Waals surface area contributed by atoms with Crippen LogP contribution < -0.4 is 9.47 Å². The van der Waals surface area contributed by atoms with Gasteiger partial charge >= 0.3 is 0 Å². The van der Waals surface area contributed by atoms with Crippen LogP contribution >= 0.6 is 11.6 Å². The lowest BCUT2D eigenvalue weighted by molar-refractivity contribution is 0.131. The van der Waals surface area contributed by atoms with E-state index in [0.29, 0.717) is 23.1 Å². The van der Waals surface area contributed by atoms with Crippen molar-refractivity contribution in [1.82, 2.24) is 0 Å². The predicted octanol–water partition coefficient (Wildman–Crippen LogP) is 4.52.